The topological polar surface area (TPSA) is 66.8 Å². The summed E-state index contributed by atoms with van der Waals surface area (Å²) in [5.41, 5.74) is 2.56. The molecule has 0 bridgehead atoms. The van der Waals surface area contributed by atoms with Crippen molar-refractivity contribution in [3.8, 4) is 11.4 Å². The van der Waals surface area contributed by atoms with Gasteiger partial charge in [0.15, 0.2) is 0 Å². The Bertz CT molecular complexity index is 902. The number of amides is 1. The van der Waals surface area contributed by atoms with Gasteiger partial charge in [0.1, 0.15) is 17.7 Å². The normalized spacial score (nSPS) is 15.0. The largest absolute Gasteiger partial charge is 0.340 e. The summed E-state index contributed by atoms with van der Waals surface area (Å²) < 4.78 is 15.2. The first-order valence-electron chi connectivity index (χ1n) is 8.22. The first-order valence-corrected chi connectivity index (χ1v) is 8.22. The van der Waals surface area contributed by atoms with Crippen LogP contribution in [0.25, 0.3) is 11.4 Å². The van der Waals surface area contributed by atoms with Crippen molar-refractivity contribution in [3.63, 3.8) is 0 Å². The van der Waals surface area contributed by atoms with Crippen LogP contribution < -0.4 is 0 Å². The molecule has 7 heteroatoms. The highest BCUT2D eigenvalue weighted by atomic mass is 19.1. The highest BCUT2D eigenvalue weighted by molar-refractivity contribution is 5.80. The third-order valence-corrected chi connectivity index (χ3v) is 4.57. The fourth-order valence-corrected chi connectivity index (χ4v) is 3.14. The number of hydrogen-bond acceptors (Lipinski definition) is 3. The van der Waals surface area contributed by atoms with E-state index in [0.717, 1.165) is 11.4 Å². The van der Waals surface area contributed by atoms with Gasteiger partial charge in [0.25, 0.3) is 0 Å². The maximum atomic E-state index is 13.4. The molecule has 1 amide bonds. The third-order valence-electron chi connectivity index (χ3n) is 4.57. The lowest BCUT2D eigenvalue weighted by Crippen LogP contribution is -2.39. The van der Waals surface area contributed by atoms with Crippen LogP contribution in [0, 0.1) is 5.82 Å². The molecule has 128 valence electrons. The predicted molar refractivity (Wildman–Crippen MR) is 90.0 cm³/mol. The molecular weight excluding hydrogens is 321 g/mol. The zero-order chi connectivity index (χ0) is 17.4. The minimum Gasteiger partial charge on any atom is -0.340 e. The number of nitrogens with one attached hydrogen (secondary N) is 1. The zero-order valence-corrected chi connectivity index (χ0v) is 13.8. The van der Waals surface area contributed by atoms with E-state index in [-0.39, 0.29) is 17.8 Å². The van der Waals surface area contributed by atoms with E-state index in [4.69, 9.17) is 0 Å². The molecule has 3 heterocycles. The lowest BCUT2D eigenvalue weighted by atomic mass is 10.1. The summed E-state index contributed by atoms with van der Waals surface area (Å²) in [6.07, 6.45) is 5.79. The minimum absolute atomic E-state index is 0.0468. The molecule has 0 spiro atoms. The molecule has 1 atom stereocenters. The Morgan fingerprint density at radius 3 is 3.04 bits per heavy atom. The SMILES string of the molecule is CC(C(=O)N1CCc2nc(-c3cccc(F)c3)[nH]c2C1)n1ccnc1. The summed E-state index contributed by atoms with van der Waals surface area (Å²) in [5, 5.41) is 0. The lowest BCUT2D eigenvalue weighted by Gasteiger charge is -2.29. The van der Waals surface area contributed by atoms with Gasteiger partial charge in [0.2, 0.25) is 5.91 Å². The molecule has 0 radical (unpaired) electrons. The molecule has 0 aliphatic carbocycles. The maximum absolute atomic E-state index is 13.4. The van der Waals surface area contributed by atoms with Crippen molar-refractivity contribution in [2.75, 3.05) is 6.54 Å². The van der Waals surface area contributed by atoms with E-state index in [1.165, 1.54) is 12.1 Å². The molecule has 1 aromatic carbocycles. The molecule has 0 fully saturated rings. The number of imidazole rings is 2. The van der Waals surface area contributed by atoms with Crippen molar-refractivity contribution in [1.82, 2.24) is 24.4 Å². The number of aromatic amines is 1. The summed E-state index contributed by atoms with van der Waals surface area (Å²) in [6, 6.07) is 6.04. The number of carbonyl (C=O) groups is 1. The Morgan fingerprint density at radius 1 is 1.40 bits per heavy atom. The maximum Gasteiger partial charge on any atom is 0.245 e. The second-order valence-electron chi connectivity index (χ2n) is 6.22. The van der Waals surface area contributed by atoms with E-state index in [1.54, 1.807) is 29.4 Å². The van der Waals surface area contributed by atoms with E-state index >= 15 is 0 Å². The van der Waals surface area contributed by atoms with Crippen LogP contribution in [0.5, 0.6) is 0 Å². The van der Waals surface area contributed by atoms with Gasteiger partial charge in [-0.2, -0.15) is 0 Å². The highest BCUT2D eigenvalue weighted by Gasteiger charge is 2.27. The number of benzene rings is 1. The molecule has 1 N–H and O–H groups in total. The van der Waals surface area contributed by atoms with Crippen LogP contribution in [0.4, 0.5) is 4.39 Å². The second-order valence-corrected chi connectivity index (χ2v) is 6.22. The summed E-state index contributed by atoms with van der Waals surface area (Å²) in [7, 11) is 0. The number of nitrogens with zero attached hydrogens (tertiary/aromatic N) is 4. The summed E-state index contributed by atoms with van der Waals surface area (Å²) in [6.45, 7) is 2.97. The molecular formula is C18H18FN5O. The van der Waals surface area contributed by atoms with Gasteiger partial charge >= 0.3 is 0 Å². The highest BCUT2D eigenvalue weighted by Crippen LogP contribution is 2.24. The minimum atomic E-state index is -0.297. The molecule has 1 aliphatic rings. The van der Waals surface area contributed by atoms with E-state index in [0.29, 0.717) is 30.9 Å². The third kappa shape index (κ3) is 2.93. The van der Waals surface area contributed by atoms with Crippen LogP contribution in [0.2, 0.25) is 0 Å². The first-order chi connectivity index (χ1) is 12.1. The molecule has 4 rings (SSSR count). The van der Waals surface area contributed by atoms with Crippen molar-refractivity contribution in [2.45, 2.75) is 25.9 Å². The lowest BCUT2D eigenvalue weighted by molar-refractivity contribution is -0.135. The van der Waals surface area contributed by atoms with Gasteiger partial charge in [0.05, 0.1) is 24.3 Å². The van der Waals surface area contributed by atoms with Gasteiger partial charge in [-0.1, -0.05) is 12.1 Å². The molecule has 1 unspecified atom stereocenters. The van der Waals surface area contributed by atoms with Crippen LogP contribution in [0.3, 0.4) is 0 Å². The van der Waals surface area contributed by atoms with Crippen LogP contribution in [0.15, 0.2) is 43.0 Å². The molecule has 1 aliphatic heterocycles. The van der Waals surface area contributed by atoms with Crippen LogP contribution in [-0.2, 0) is 17.8 Å². The summed E-state index contributed by atoms with van der Waals surface area (Å²) >= 11 is 0. The first kappa shape index (κ1) is 15.6. The standard InChI is InChI=1S/C18H18FN5O/c1-12(24-8-6-20-11-24)18(25)23-7-5-15-16(10-23)22-17(21-15)13-3-2-4-14(19)9-13/h2-4,6,8-9,11-12H,5,7,10H2,1H3,(H,21,22). The molecule has 3 aromatic rings. The Labute approximate surface area is 144 Å². The number of halogens is 1. The number of H-pyrrole nitrogens is 1. The average molecular weight is 339 g/mol. The van der Waals surface area contributed by atoms with Gasteiger partial charge in [-0.3, -0.25) is 4.79 Å². The van der Waals surface area contributed by atoms with Crippen molar-refractivity contribution in [1.29, 1.82) is 0 Å². The zero-order valence-electron chi connectivity index (χ0n) is 13.8. The van der Waals surface area contributed by atoms with Crippen molar-refractivity contribution in [3.05, 3.63) is 60.2 Å². The fourth-order valence-electron chi connectivity index (χ4n) is 3.14. The number of hydrogen-bond donors (Lipinski definition) is 1. The van der Waals surface area contributed by atoms with Crippen molar-refractivity contribution < 1.29 is 9.18 Å². The summed E-state index contributed by atoms with van der Waals surface area (Å²) in [4.78, 5) is 26.4. The monoisotopic (exact) mass is 339 g/mol. The Kier molecular flexibility index (Phi) is 3.83. The number of aromatic nitrogens is 4. The Balaban J connectivity index is 1.54. The molecule has 2 aromatic heterocycles. The van der Waals surface area contributed by atoms with E-state index in [2.05, 4.69) is 15.0 Å². The van der Waals surface area contributed by atoms with E-state index in [9.17, 15) is 9.18 Å². The van der Waals surface area contributed by atoms with Crippen LogP contribution >= 0.6 is 0 Å². The van der Waals surface area contributed by atoms with Gasteiger partial charge < -0.3 is 14.5 Å². The van der Waals surface area contributed by atoms with Gasteiger partial charge in [-0.15, -0.1) is 0 Å². The van der Waals surface area contributed by atoms with Crippen molar-refractivity contribution in [2.24, 2.45) is 0 Å². The predicted octanol–water partition coefficient (Wildman–Crippen LogP) is 2.56. The fraction of sp³-hybridized carbons (Fsp3) is 0.278. The molecule has 0 saturated heterocycles. The van der Waals surface area contributed by atoms with Gasteiger partial charge in [-0.05, 0) is 19.1 Å². The van der Waals surface area contributed by atoms with Gasteiger partial charge in [-0.25, -0.2) is 14.4 Å². The smallest absolute Gasteiger partial charge is 0.245 e. The number of rotatable bonds is 3. The molecule has 0 saturated carbocycles. The quantitative estimate of drug-likeness (QED) is 0.797. The average Bonchev–Trinajstić information content (AvgIpc) is 3.29. The van der Waals surface area contributed by atoms with Gasteiger partial charge in [0, 0.05) is 30.9 Å². The van der Waals surface area contributed by atoms with E-state index < -0.39 is 0 Å². The summed E-state index contributed by atoms with van der Waals surface area (Å²) in [5.74, 6) is 0.393. The molecule has 6 nitrogen and oxygen atoms in total. The second kappa shape index (κ2) is 6.16. The van der Waals surface area contributed by atoms with Crippen molar-refractivity contribution >= 4 is 5.91 Å². The number of carbonyl (C=O) groups excluding carboxylic acids is 1. The molecule has 25 heavy (non-hydrogen) atoms. The van der Waals surface area contributed by atoms with Crippen LogP contribution in [0.1, 0.15) is 24.4 Å². The Hall–Kier alpha value is -2.96. The van der Waals surface area contributed by atoms with E-state index in [1.807, 2.05) is 17.9 Å². The van der Waals surface area contributed by atoms with Crippen LogP contribution in [-0.4, -0.2) is 36.9 Å². The number of fused-ring (bicyclic) bond motifs is 1. The Morgan fingerprint density at radius 2 is 2.28 bits per heavy atom.